The molecule has 0 unspecified atom stereocenters. The normalized spacial score (nSPS) is 11.0. The van der Waals surface area contributed by atoms with Gasteiger partial charge in [-0.1, -0.05) is 0 Å². The Hall–Kier alpha value is -0.990. The van der Waals surface area contributed by atoms with Crippen molar-refractivity contribution in [1.29, 1.82) is 0 Å². The van der Waals surface area contributed by atoms with E-state index in [9.17, 15) is 4.79 Å². The number of carbonyl (C=O) groups is 1. The molecule has 0 fully saturated rings. The Morgan fingerprint density at radius 2 is 2.05 bits per heavy atom. The van der Waals surface area contributed by atoms with Gasteiger partial charge < -0.3 is 9.47 Å². The standard InChI is InChI=1S/C13H23N3O3S/c1-18-8-3-6-16(7-9-19-2)10-11-4-5-12(20-11)13(17)15-14/h4-5H,3,6-10,14H2,1-2H3,(H,15,17). The van der Waals surface area contributed by atoms with E-state index in [-0.39, 0.29) is 5.91 Å². The molecule has 7 heteroatoms. The summed E-state index contributed by atoms with van der Waals surface area (Å²) in [6, 6.07) is 3.76. The van der Waals surface area contributed by atoms with Crippen LogP contribution >= 0.6 is 11.3 Å². The summed E-state index contributed by atoms with van der Waals surface area (Å²) in [5.74, 6) is 4.88. The zero-order valence-corrected chi connectivity index (χ0v) is 12.9. The molecule has 114 valence electrons. The van der Waals surface area contributed by atoms with Crippen LogP contribution in [0, 0.1) is 0 Å². The molecule has 0 saturated heterocycles. The summed E-state index contributed by atoms with van der Waals surface area (Å²) in [5.41, 5.74) is 2.15. The van der Waals surface area contributed by atoms with E-state index >= 15 is 0 Å². The van der Waals surface area contributed by atoms with Crippen molar-refractivity contribution >= 4 is 17.2 Å². The van der Waals surface area contributed by atoms with Gasteiger partial charge in [0.2, 0.25) is 0 Å². The number of nitrogens with one attached hydrogen (secondary N) is 1. The van der Waals surface area contributed by atoms with E-state index in [2.05, 4.69) is 10.3 Å². The minimum Gasteiger partial charge on any atom is -0.385 e. The fourth-order valence-electron chi connectivity index (χ4n) is 1.80. The van der Waals surface area contributed by atoms with E-state index < -0.39 is 0 Å². The van der Waals surface area contributed by atoms with E-state index in [0.717, 1.165) is 37.5 Å². The van der Waals surface area contributed by atoms with Gasteiger partial charge >= 0.3 is 0 Å². The molecule has 0 bridgehead atoms. The van der Waals surface area contributed by atoms with Gasteiger partial charge in [0.05, 0.1) is 11.5 Å². The molecular weight excluding hydrogens is 278 g/mol. The van der Waals surface area contributed by atoms with E-state index in [1.54, 1.807) is 20.3 Å². The highest BCUT2D eigenvalue weighted by molar-refractivity contribution is 7.14. The first kappa shape index (κ1) is 17.1. The molecule has 6 nitrogen and oxygen atoms in total. The van der Waals surface area contributed by atoms with Crippen LogP contribution in [0.25, 0.3) is 0 Å². The summed E-state index contributed by atoms with van der Waals surface area (Å²) in [5, 5.41) is 0. The van der Waals surface area contributed by atoms with Crippen molar-refractivity contribution in [3.63, 3.8) is 0 Å². The van der Waals surface area contributed by atoms with Crippen molar-refractivity contribution in [2.45, 2.75) is 13.0 Å². The third-order valence-corrected chi connectivity index (χ3v) is 3.90. The van der Waals surface area contributed by atoms with Crippen molar-refractivity contribution in [2.24, 2.45) is 5.84 Å². The number of nitrogens with two attached hydrogens (primary N) is 1. The fraction of sp³-hybridized carbons (Fsp3) is 0.615. The number of ether oxygens (including phenoxy) is 2. The van der Waals surface area contributed by atoms with Crippen LogP contribution in [0.2, 0.25) is 0 Å². The monoisotopic (exact) mass is 301 g/mol. The van der Waals surface area contributed by atoms with Crippen molar-refractivity contribution in [2.75, 3.05) is 40.5 Å². The zero-order chi connectivity index (χ0) is 14.8. The Bertz CT molecular complexity index is 398. The summed E-state index contributed by atoms with van der Waals surface area (Å²) >= 11 is 1.46. The SMILES string of the molecule is COCCCN(CCOC)Cc1ccc(C(=O)NN)s1. The van der Waals surface area contributed by atoms with Gasteiger partial charge in [0.25, 0.3) is 5.91 Å². The number of hydrazine groups is 1. The molecule has 1 heterocycles. The van der Waals surface area contributed by atoms with Gasteiger partial charge in [-0.05, 0) is 18.6 Å². The van der Waals surface area contributed by atoms with Crippen molar-refractivity contribution in [1.82, 2.24) is 10.3 Å². The molecule has 1 aromatic rings. The Morgan fingerprint density at radius 3 is 2.70 bits per heavy atom. The third-order valence-electron chi connectivity index (χ3n) is 2.83. The van der Waals surface area contributed by atoms with Gasteiger partial charge in [-0.3, -0.25) is 15.1 Å². The summed E-state index contributed by atoms with van der Waals surface area (Å²) < 4.78 is 10.2. The smallest absolute Gasteiger partial charge is 0.275 e. The van der Waals surface area contributed by atoms with Crippen LogP contribution in [-0.4, -0.2) is 51.3 Å². The second-order valence-electron chi connectivity index (χ2n) is 4.35. The highest BCUT2D eigenvalue weighted by Gasteiger charge is 2.11. The van der Waals surface area contributed by atoms with Crippen LogP contribution in [0.3, 0.4) is 0 Å². The van der Waals surface area contributed by atoms with Gasteiger partial charge in [0.1, 0.15) is 0 Å². The van der Waals surface area contributed by atoms with Gasteiger partial charge in [-0.2, -0.15) is 0 Å². The van der Waals surface area contributed by atoms with Gasteiger partial charge in [0, 0.05) is 45.3 Å². The number of nitrogen functional groups attached to an aromatic ring is 1. The molecule has 0 saturated carbocycles. The highest BCUT2D eigenvalue weighted by Crippen LogP contribution is 2.18. The number of methoxy groups -OCH3 is 2. The third kappa shape index (κ3) is 5.98. The number of nitrogens with zero attached hydrogens (tertiary/aromatic N) is 1. The van der Waals surface area contributed by atoms with Gasteiger partial charge in [-0.15, -0.1) is 11.3 Å². The molecule has 0 aromatic carbocycles. The average molecular weight is 301 g/mol. The molecule has 0 aliphatic carbocycles. The summed E-state index contributed by atoms with van der Waals surface area (Å²) in [6.07, 6.45) is 0.974. The molecule has 1 aromatic heterocycles. The molecule has 1 rings (SSSR count). The lowest BCUT2D eigenvalue weighted by atomic mass is 10.3. The Labute approximate surface area is 123 Å². The topological polar surface area (TPSA) is 76.8 Å². The van der Waals surface area contributed by atoms with Gasteiger partial charge in [-0.25, -0.2) is 5.84 Å². The minimum atomic E-state index is -0.246. The van der Waals surface area contributed by atoms with Crippen LogP contribution in [0.15, 0.2) is 12.1 Å². The largest absolute Gasteiger partial charge is 0.385 e. The maximum absolute atomic E-state index is 11.4. The number of rotatable bonds is 10. The molecular formula is C13H23N3O3S. The molecule has 3 N–H and O–H groups in total. The molecule has 0 radical (unpaired) electrons. The predicted octanol–water partition coefficient (Wildman–Crippen LogP) is 0.836. The second kappa shape index (κ2) is 9.84. The number of thiophene rings is 1. The van der Waals surface area contributed by atoms with Crippen LogP contribution in [0.5, 0.6) is 0 Å². The van der Waals surface area contributed by atoms with E-state index in [4.69, 9.17) is 15.3 Å². The molecule has 0 spiro atoms. The van der Waals surface area contributed by atoms with Crippen molar-refractivity contribution in [3.05, 3.63) is 21.9 Å². The number of carbonyl (C=O) groups excluding carboxylic acids is 1. The lowest BCUT2D eigenvalue weighted by molar-refractivity contribution is 0.0957. The second-order valence-corrected chi connectivity index (χ2v) is 5.52. The molecule has 0 aliphatic rings. The average Bonchev–Trinajstić information content (AvgIpc) is 2.92. The predicted molar refractivity (Wildman–Crippen MR) is 79.6 cm³/mol. The van der Waals surface area contributed by atoms with Crippen LogP contribution in [0.1, 0.15) is 21.0 Å². The lowest BCUT2D eigenvalue weighted by Gasteiger charge is -2.21. The quantitative estimate of drug-likeness (QED) is 0.290. The molecule has 0 atom stereocenters. The lowest BCUT2D eigenvalue weighted by Crippen LogP contribution is -2.29. The zero-order valence-electron chi connectivity index (χ0n) is 12.1. The van der Waals surface area contributed by atoms with Crippen molar-refractivity contribution in [3.8, 4) is 0 Å². The van der Waals surface area contributed by atoms with Crippen LogP contribution in [0.4, 0.5) is 0 Å². The fourth-order valence-corrected chi connectivity index (χ4v) is 2.75. The molecule has 20 heavy (non-hydrogen) atoms. The first-order valence-electron chi connectivity index (χ1n) is 6.51. The highest BCUT2D eigenvalue weighted by atomic mass is 32.1. The number of hydrogen-bond donors (Lipinski definition) is 2. The van der Waals surface area contributed by atoms with Crippen LogP contribution in [-0.2, 0) is 16.0 Å². The first-order chi connectivity index (χ1) is 9.71. The Morgan fingerprint density at radius 1 is 1.30 bits per heavy atom. The maximum atomic E-state index is 11.4. The van der Waals surface area contributed by atoms with Gasteiger partial charge in [0.15, 0.2) is 0 Å². The summed E-state index contributed by atoms with van der Waals surface area (Å²) in [7, 11) is 3.40. The Balaban J connectivity index is 2.53. The van der Waals surface area contributed by atoms with E-state index in [0.29, 0.717) is 11.5 Å². The molecule has 1 amide bonds. The first-order valence-corrected chi connectivity index (χ1v) is 7.32. The Kier molecular flexibility index (Phi) is 8.40. The minimum absolute atomic E-state index is 0.246. The number of hydrogen-bond acceptors (Lipinski definition) is 6. The van der Waals surface area contributed by atoms with E-state index in [1.807, 2.05) is 6.07 Å². The summed E-state index contributed by atoms with van der Waals surface area (Å²) in [6.45, 7) is 4.03. The maximum Gasteiger partial charge on any atom is 0.275 e. The number of amides is 1. The van der Waals surface area contributed by atoms with E-state index in [1.165, 1.54) is 11.3 Å². The summed E-state index contributed by atoms with van der Waals surface area (Å²) in [4.78, 5) is 15.5. The molecule has 0 aliphatic heterocycles. The van der Waals surface area contributed by atoms with Crippen molar-refractivity contribution < 1.29 is 14.3 Å². The van der Waals surface area contributed by atoms with Crippen LogP contribution < -0.4 is 11.3 Å².